The van der Waals surface area contributed by atoms with Crippen molar-refractivity contribution in [1.82, 2.24) is 0 Å². The van der Waals surface area contributed by atoms with Crippen molar-refractivity contribution in [3.05, 3.63) is 0 Å². The van der Waals surface area contributed by atoms with Crippen LogP contribution < -0.4 is 0 Å². The van der Waals surface area contributed by atoms with Gasteiger partial charge in [0, 0.05) is 6.42 Å². The highest BCUT2D eigenvalue weighted by molar-refractivity contribution is 7.81. The Labute approximate surface area is 59.3 Å². The van der Waals surface area contributed by atoms with Crippen molar-refractivity contribution >= 4 is 10.4 Å². The molecule has 0 aliphatic carbocycles. The maximum absolute atomic E-state index is 11.4. The van der Waals surface area contributed by atoms with Gasteiger partial charge in [0.15, 0.2) is 0 Å². The molecule has 0 radical (unpaired) electrons. The Morgan fingerprint density at radius 3 is 2.50 bits per heavy atom. The minimum absolute atomic E-state index is 0.0581. The van der Waals surface area contributed by atoms with E-state index < -0.39 is 17.1 Å². The highest BCUT2D eigenvalue weighted by Gasteiger charge is 2.06. The fourth-order valence-corrected chi connectivity index (χ4v) is 0.682. The fraction of sp³-hybridized carbons (Fsp3) is 1.00. The van der Waals surface area contributed by atoms with E-state index in [1.165, 1.54) is 0 Å². The molecule has 0 fully saturated rings. The predicted octanol–water partition coefficient (Wildman–Crippen LogP) is 0.254. The molecule has 0 unspecified atom stereocenters. The lowest BCUT2D eigenvalue weighted by molar-refractivity contribution is 0.233. The van der Waals surface area contributed by atoms with Crippen LogP contribution in [0.5, 0.6) is 0 Å². The van der Waals surface area contributed by atoms with Gasteiger partial charge in [0.25, 0.3) is 0 Å². The standard InChI is InChI=1S/C4H9FO4S/c1-8-10(6,7)9-4-2-3-5/h2-4H2,1H3. The molecule has 0 aliphatic rings. The lowest BCUT2D eigenvalue weighted by atomic mass is 10.5. The zero-order chi connectivity index (χ0) is 8.04. The van der Waals surface area contributed by atoms with Crippen LogP contribution in [0.3, 0.4) is 0 Å². The van der Waals surface area contributed by atoms with E-state index in [2.05, 4.69) is 8.37 Å². The molecule has 0 amide bonds. The van der Waals surface area contributed by atoms with E-state index in [1.807, 2.05) is 0 Å². The Kier molecular flexibility index (Phi) is 4.50. The van der Waals surface area contributed by atoms with Gasteiger partial charge >= 0.3 is 10.4 Å². The van der Waals surface area contributed by atoms with Gasteiger partial charge in [-0.1, -0.05) is 0 Å². The number of hydrogen-bond donors (Lipinski definition) is 0. The highest BCUT2D eigenvalue weighted by atomic mass is 32.3. The van der Waals surface area contributed by atoms with Gasteiger partial charge < -0.3 is 0 Å². The smallest absolute Gasteiger partial charge is 0.252 e. The Morgan fingerprint density at radius 1 is 1.50 bits per heavy atom. The summed E-state index contributed by atoms with van der Waals surface area (Å²) >= 11 is 0. The molecule has 0 spiro atoms. The normalized spacial score (nSPS) is 11.8. The molecule has 0 atom stereocenters. The van der Waals surface area contributed by atoms with E-state index in [4.69, 9.17) is 0 Å². The van der Waals surface area contributed by atoms with Gasteiger partial charge in [-0.3, -0.25) is 8.57 Å². The first-order valence-corrected chi connectivity index (χ1v) is 3.96. The van der Waals surface area contributed by atoms with Gasteiger partial charge in [-0.15, -0.1) is 0 Å². The Morgan fingerprint density at radius 2 is 2.10 bits per heavy atom. The van der Waals surface area contributed by atoms with E-state index in [-0.39, 0.29) is 13.0 Å². The summed E-state index contributed by atoms with van der Waals surface area (Å²) in [5.74, 6) is 0. The molecule has 0 rings (SSSR count). The molecule has 0 bridgehead atoms. The fourth-order valence-electron chi connectivity index (χ4n) is 0.264. The lowest BCUT2D eigenvalue weighted by Gasteiger charge is -1.98. The summed E-state index contributed by atoms with van der Waals surface area (Å²) in [5, 5.41) is 0. The first kappa shape index (κ1) is 9.80. The molecule has 0 aromatic heterocycles. The van der Waals surface area contributed by atoms with Gasteiger partial charge in [-0.25, -0.2) is 4.18 Å². The van der Waals surface area contributed by atoms with Gasteiger partial charge in [0.2, 0.25) is 0 Å². The highest BCUT2D eigenvalue weighted by Crippen LogP contribution is 1.94. The molecule has 0 saturated heterocycles. The van der Waals surface area contributed by atoms with Crippen molar-refractivity contribution in [2.45, 2.75) is 6.42 Å². The van der Waals surface area contributed by atoms with Crippen molar-refractivity contribution in [2.75, 3.05) is 20.4 Å². The molecule has 6 heteroatoms. The van der Waals surface area contributed by atoms with Crippen LogP contribution in [-0.2, 0) is 18.8 Å². The minimum atomic E-state index is -3.86. The van der Waals surface area contributed by atoms with Crippen LogP contribution in [0, 0.1) is 0 Å². The second-order valence-electron chi connectivity index (χ2n) is 1.44. The van der Waals surface area contributed by atoms with E-state index >= 15 is 0 Å². The zero-order valence-corrected chi connectivity index (χ0v) is 6.36. The second-order valence-corrected chi connectivity index (χ2v) is 2.82. The van der Waals surface area contributed by atoms with Crippen LogP contribution in [0.15, 0.2) is 0 Å². The molecule has 62 valence electrons. The third-order valence-corrected chi connectivity index (χ3v) is 1.57. The molecule has 0 heterocycles. The number of hydrogen-bond acceptors (Lipinski definition) is 4. The van der Waals surface area contributed by atoms with Gasteiger partial charge in [-0.2, -0.15) is 8.42 Å². The SMILES string of the molecule is COS(=O)(=O)OCCCF. The van der Waals surface area contributed by atoms with Gasteiger partial charge in [0.1, 0.15) is 0 Å². The molecule has 0 aromatic rings. The minimum Gasteiger partial charge on any atom is -0.252 e. The summed E-state index contributed by atoms with van der Waals surface area (Å²) in [4.78, 5) is 0. The Balaban J connectivity index is 3.49. The summed E-state index contributed by atoms with van der Waals surface area (Å²) in [7, 11) is -2.88. The Bertz CT molecular complexity index is 164. The van der Waals surface area contributed by atoms with E-state index in [9.17, 15) is 12.8 Å². The van der Waals surface area contributed by atoms with Crippen LogP contribution >= 0.6 is 0 Å². The number of halogens is 1. The maximum atomic E-state index is 11.4. The summed E-state index contributed by atoms with van der Waals surface area (Å²) in [5.41, 5.74) is 0. The summed E-state index contributed by atoms with van der Waals surface area (Å²) in [6.07, 6.45) is 0.0581. The summed E-state index contributed by atoms with van der Waals surface area (Å²) < 4.78 is 40.0. The molecule has 0 aliphatic heterocycles. The molecule has 4 nitrogen and oxygen atoms in total. The molecular formula is C4H9FO4S. The van der Waals surface area contributed by atoms with Crippen LogP contribution in [0.4, 0.5) is 4.39 Å². The summed E-state index contributed by atoms with van der Waals surface area (Å²) in [6, 6.07) is 0. The topological polar surface area (TPSA) is 52.6 Å². The predicted molar refractivity (Wildman–Crippen MR) is 32.5 cm³/mol. The average Bonchev–Trinajstić information content (AvgIpc) is 1.89. The first-order chi connectivity index (χ1) is 4.62. The van der Waals surface area contributed by atoms with Crippen molar-refractivity contribution in [3.63, 3.8) is 0 Å². The monoisotopic (exact) mass is 172 g/mol. The molecule has 0 N–H and O–H groups in total. The molecular weight excluding hydrogens is 163 g/mol. The van der Waals surface area contributed by atoms with Crippen LogP contribution in [0.1, 0.15) is 6.42 Å². The van der Waals surface area contributed by atoms with Crippen molar-refractivity contribution < 1.29 is 21.2 Å². The molecule has 0 saturated carbocycles. The third-order valence-electron chi connectivity index (χ3n) is 0.710. The quantitative estimate of drug-likeness (QED) is 0.558. The average molecular weight is 172 g/mol. The van der Waals surface area contributed by atoms with Crippen LogP contribution in [0.2, 0.25) is 0 Å². The van der Waals surface area contributed by atoms with Crippen molar-refractivity contribution in [1.29, 1.82) is 0 Å². The van der Waals surface area contributed by atoms with Crippen LogP contribution in [0.25, 0.3) is 0 Å². The number of alkyl halides is 1. The van der Waals surface area contributed by atoms with E-state index in [0.29, 0.717) is 0 Å². The first-order valence-electron chi connectivity index (χ1n) is 2.63. The van der Waals surface area contributed by atoms with Crippen molar-refractivity contribution in [2.24, 2.45) is 0 Å². The molecule has 10 heavy (non-hydrogen) atoms. The van der Waals surface area contributed by atoms with E-state index in [0.717, 1.165) is 7.11 Å². The largest absolute Gasteiger partial charge is 0.399 e. The number of rotatable bonds is 5. The second kappa shape index (κ2) is 4.59. The van der Waals surface area contributed by atoms with E-state index in [1.54, 1.807) is 0 Å². The van der Waals surface area contributed by atoms with Crippen molar-refractivity contribution in [3.8, 4) is 0 Å². The maximum Gasteiger partial charge on any atom is 0.399 e. The van der Waals surface area contributed by atoms with Gasteiger partial charge in [-0.05, 0) is 0 Å². The third kappa shape index (κ3) is 4.66. The molecule has 0 aromatic carbocycles. The Hall–Kier alpha value is -0.200. The van der Waals surface area contributed by atoms with Gasteiger partial charge in [0.05, 0.1) is 20.4 Å². The summed E-state index contributed by atoms with van der Waals surface area (Å²) in [6.45, 7) is -0.772. The lowest BCUT2D eigenvalue weighted by Crippen LogP contribution is -2.08. The zero-order valence-electron chi connectivity index (χ0n) is 5.54. The van der Waals surface area contributed by atoms with Crippen LogP contribution in [-0.4, -0.2) is 28.8 Å².